The summed E-state index contributed by atoms with van der Waals surface area (Å²) < 4.78 is 0. The zero-order valence-corrected chi connectivity index (χ0v) is 32.3. The summed E-state index contributed by atoms with van der Waals surface area (Å²) in [5.41, 5.74) is 13.2. The highest BCUT2D eigenvalue weighted by Gasteiger charge is 2.25. The first-order chi connectivity index (χ1) is 29.7. The SMILES string of the molecule is N#Cc1ccc2ccc(-c3ccc4c5c(ccc(-c6cccc7cc8c(-c9nc(-c%10ccccc%10)nc(-c%10ccccc%10)n9)cccc8cc67)c35)-c3ccccc3-4)cc2c1. The van der Waals surface area contributed by atoms with E-state index in [0.717, 1.165) is 49.2 Å². The van der Waals surface area contributed by atoms with Crippen LogP contribution in [-0.2, 0) is 0 Å². The second-order valence-corrected chi connectivity index (χ2v) is 15.4. The van der Waals surface area contributed by atoms with E-state index in [1.54, 1.807) is 0 Å². The van der Waals surface area contributed by atoms with Crippen LogP contribution >= 0.6 is 0 Å². The van der Waals surface area contributed by atoms with Gasteiger partial charge in [-0.1, -0.05) is 164 Å². The number of hydrogen-bond acceptors (Lipinski definition) is 4. The van der Waals surface area contributed by atoms with Crippen molar-refractivity contribution in [1.82, 2.24) is 15.0 Å². The minimum absolute atomic E-state index is 0.637. The van der Waals surface area contributed by atoms with E-state index in [1.165, 1.54) is 55.1 Å². The zero-order chi connectivity index (χ0) is 39.7. The summed E-state index contributed by atoms with van der Waals surface area (Å²) in [7, 11) is 0. The second-order valence-electron chi connectivity index (χ2n) is 15.4. The van der Waals surface area contributed by atoms with Crippen LogP contribution in [0.1, 0.15) is 5.56 Å². The highest BCUT2D eigenvalue weighted by molar-refractivity contribution is 6.24. The third kappa shape index (κ3) is 5.34. The molecule has 12 rings (SSSR count). The molecule has 276 valence electrons. The predicted molar refractivity (Wildman–Crippen MR) is 246 cm³/mol. The van der Waals surface area contributed by atoms with Crippen LogP contribution in [-0.4, -0.2) is 15.0 Å². The van der Waals surface area contributed by atoms with Crippen LogP contribution in [0, 0.1) is 11.3 Å². The average molecular weight is 761 g/mol. The van der Waals surface area contributed by atoms with Gasteiger partial charge in [-0.15, -0.1) is 0 Å². The predicted octanol–water partition coefficient (Wildman–Crippen LogP) is 14.3. The standard InChI is InChI=1S/C56H32N4/c57-33-34-21-22-35-23-24-40(30-41(35)29-34)42-25-26-46-43-17-7-8-18-44(43)47-27-28-48(52(42)53(46)47)45-19-9-15-38-32-51-39(31-50(38)45)16-10-20-49(51)56-59-54(36-11-3-1-4-12-36)58-55(60-56)37-13-5-2-6-14-37/h1-32H. The van der Waals surface area contributed by atoms with E-state index in [4.69, 9.17) is 15.0 Å². The first kappa shape index (κ1) is 33.8. The van der Waals surface area contributed by atoms with Crippen LogP contribution in [0.25, 0.3) is 122 Å². The Labute approximate surface area is 346 Å². The number of benzene rings is 10. The van der Waals surface area contributed by atoms with Gasteiger partial charge in [0.2, 0.25) is 0 Å². The van der Waals surface area contributed by atoms with Gasteiger partial charge in [-0.25, -0.2) is 15.0 Å². The number of rotatable bonds is 5. The number of fused-ring (bicyclic) bond motifs is 6. The van der Waals surface area contributed by atoms with E-state index in [2.05, 4.69) is 121 Å². The van der Waals surface area contributed by atoms with Gasteiger partial charge in [-0.2, -0.15) is 5.26 Å². The summed E-state index contributed by atoms with van der Waals surface area (Å²) in [5.74, 6) is 1.92. The average Bonchev–Trinajstić information content (AvgIpc) is 3.65. The molecule has 1 heterocycles. The normalized spacial score (nSPS) is 11.7. The van der Waals surface area contributed by atoms with E-state index in [1.807, 2.05) is 78.9 Å². The Morgan fingerprint density at radius 1 is 0.300 bits per heavy atom. The van der Waals surface area contributed by atoms with Crippen LogP contribution in [0.3, 0.4) is 0 Å². The van der Waals surface area contributed by atoms with Gasteiger partial charge in [0.1, 0.15) is 0 Å². The molecule has 0 fully saturated rings. The molecule has 0 amide bonds. The Balaban J connectivity index is 1.08. The Morgan fingerprint density at radius 3 is 1.43 bits per heavy atom. The highest BCUT2D eigenvalue weighted by atomic mass is 15.0. The van der Waals surface area contributed by atoms with E-state index in [0.29, 0.717) is 23.0 Å². The van der Waals surface area contributed by atoms with Crippen LogP contribution in [0.2, 0.25) is 0 Å². The largest absolute Gasteiger partial charge is 0.208 e. The molecule has 60 heavy (non-hydrogen) atoms. The topological polar surface area (TPSA) is 62.5 Å². The van der Waals surface area contributed by atoms with Gasteiger partial charge in [0, 0.05) is 16.7 Å². The van der Waals surface area contributed by atoms with Gasteiger partial charge < -0.3 is 0 Å². The fourth-order valence-corrected chi connectivity index (χ4v) is 9.26. The first-order valence-corrected chi connectivity index (χ1v) is 20.2. The maximum atomic E-state index is 9.72. The molecule has 0 N–H and O–H groups in total. The molecule has 1 aliphatic carbocycles. The van der Waals surface area contributed by atoms with Crippen LogP contribution in [0.5, 0.6) is 0 Å². The van der Waals surface area contributed by atoms with Crippen molar-refractivity contribution in [3.63, 3.8) is 0 Å². The molecule has 0 saturated carbocycles. The fourth-order valence-electron chi connectivity index (χ4n) is 9.26. The van der Waals surface area contributed by atoms with Gasteiger partial charge in [0.05, 0.1) is 11.6 Å². The molecule has 1 aliphatic rings. The van der Waals surface area contributed by atoms with Gasteiger partial charge >= 0.3 is 0 Å². The van der Waals surface area contributed by atoms with Crippen molar-refractivity contribution < 1.29 is 0 Å². The molecule has 0 spiro atoms. The number of nitriles is 1. The Bertz CT molecular complexity index is 3520. The van der Waals surface area contributed by atoms with Crippen molar-refractivity contribution in [2.24, 2.45) is 0 Å². The minimum Gasteiger partial charge on any atom is -0.208 e. The van der Waals surface area contributed by atoms with Crippen molar-refractivity contribution in [2.45, 2.75) is 0 Å². The van der Waals surface area contributed by atoms with Gasteiger partial charge in [-0.05, 0) is 118 Å². The molecular formula is C56H32N4. The second kappa shape index (κ2) is 13.4. The molecule has 11 aromatic rings. The van der Waals surface area contributed by atoms with E-state index < -0.39 is 0 Å². The molecule has 0 radical (unpaired) electrons. The molecule has 4 heteroatoms. The molecule has 0 unspecified atom stereocenters. The van der Waals surface area contributed by atoms with E-state index >= 15 is 0 Å². The van der Waals surface area contributed by atoms with Gasteiger partial charge in [-0.3, -0.25) is 0 Å². The number of hydrogen-bond donors (Lipinski definition) is 0. The lowest BCUT2D eigenvalue weighted by Crippen LogP contribution is -2.00. The fraction of sp³-hybridized carbons (Fsp3) is 0. The van der Waals surface area contributed by atoms with E-state index in [-0.39, 0.29) is 0 Å². The van der Waals surface area contributed by atoms with Crippen molar-refractivity contribution in [1.29, 1.82) is 5.26 Å². The maximum absolute atomic E-state index is 9.72. The van der Waals surface area contributed by atoms with E-state index in [9.17, 15) is 5.26 Å². The molecule has 10 aromatic carbocycles. The lowest BCUT2D eigenvalue weighted by molar-refractivity contribution is 1.08. The lowest BCUT2D eigenvalue weighted by Gasteiger charge is -2.17. The van der Waals surface area contributed by atoms with Crippen LogP contribution < -0.4 is 0 Å². The molecule has 0 atom stereocenters. The lowest BCUT2D eigenvalue weighted by atomic mass is 9.86. The molecule has 0 saturated heterocycles. The zero-order valence-electron chi connectivity index (χ0n) is 32.3. The van der Waals surface area contributed by atoms with Crippen LogP contribution in [0.4, 0.5) is 0 Å². The number of aromatic nitrogens is 3. The van der Waals surface area contributed by atoms with Crippen LogP contribution in [0.15, 0.2) is 194 Å². The number of nitrogens with zero attached hydrogens (tertiary/aromatic N) is 4. The maximum Gasteiger partial charge on any atom is 0.164 e. The summed E-state index contributed by atoms with van der Waals surface area (Å²) in [6.07, 6.45) is 0. The molecule has 1 aromatic heterocycles. The Morgan fingerprint density at radius 2 is 0.800 bits per heavy atom. The smallest absolute Gasteiger partial charge is 0.164 e. The highest BCUT2D eigenvalue weighted by Crippen LogP contribution is 2.52. The molecule has 0 aliphatic heterocycles. The van der Waals surface area contributed by atoms with Crippen molar-refractivity contribution in [2.75, 3.05) is 0 Å². The van der Waals surface area contributed by atoms with Crippen molar-refractivity contribution in [3.05, 3.63) is 200 Å². The molecular weight excluding hydrogens is 729 g/mol. The first-order valence-electron chi connectivity index (χ1n) is 20.2. The summed E-state index contributed by atoms with van der Waals surface area (Å²) in [5, 5.41) is 18.9. The Hall–Kier alpha value is -8.26. The monoisotopic (exact) mass is 760 g/mol. The quantitative estimate of drug-likeness (QED) is 0.164. The van der Waals surface area contributed by atoms with Crippen molar-refractivity contribution in [3.8, 4) is 84.7 Å². The summed E-state index contributed by atoms with van der Waals surface area (Å²) in [6.45, 7) is 0. The third-order valence-electron chi connectivity index (χ3n) is 12.1. The summed E-state index contributed by atoms with van der Waals surface area (Å²) in [6, 6.07) is 70.7. The molecule has 0 bridgehead atoms. The Kier molecular flexibility index (Phi) is 7.57. The summed E-state index contributed by atoms with van der Waals surface area (Å²) in [4.78, 5) is 15.1. The van der Waals surface area contributed by atoms with Gasteiger partial charge in [0.25, 0.3) is 0 Å². The van der Waals surface area contributed by atoms with Gasteiger partial charge in [0.15, 0.2) is 17.5 Å². The minimum atomic E-state index is 0.637. The molecule has 4 nitrogen and oxygen atoms in total. The third-order valence-corrected chi connectivity index (χ3v) is 12.1. The van der Waals surface area contributed by atoms with Crippen molar-refractivity contribution >= 4 is 43.1 Å². The summed E-state index contributed by atoms with van der Waals surface area (Å²) >= 11 is 0.